The maximum Gasteiger partial charge on any atom is 0.434 e. The fraction of sp³-hybridized carbons (Fsp3) is 0.0476. The molecule has 0 spiro atoms. The van der Waals surface area contributed by atoms with Gasteiger partial charge in [0.1, 0.15) is 5.56 Å². The van der Waals surface area contributed by atoms with Crippen molar-refractivity contribution in [1.82, 2.24) is 34.7 Å². The lowest BCUT2D eigenvalue weighted by molar-refractivity contribution is -0.143. The number of carbonyl (C=O) groups excluding carboxylic acids is 1. The molecule has 4 heterocycles. The Balaban J connectivity index is 1.57. The summed E-state index contributed by atoms with van der Waals surface area (Å²) in [5.74, 6) is -2.87. The number of alkyl halides is 3. The smallest absolute Gasteiger partial charge is 0.320 e. The van der Waals surface area contributed by atoms with Gasteiger partial charge in [0.15, 0.2) is 11.5 Å². The number of halogens is 5. The second-order valence-corrected chi connectivity index (χ2v) is 7.48. The van der Waals surface area contributed by atoms with E-state index >= 15 is 0 Å². The Morgan fingerprint density at radius 1 is 1.03 bits per heavy atom. The summed E-state index contributed by atoms with van der Waals surface area (Å²) in [6.07, 6.45) is 0.234. The standard InChI is InChI=1S/C21H11ClF4N8O/c22-13-9-11(10-28-19(13)34-29-7-8-30-34)31-20(35)16-17(21(24,25)26)33(32-18(16)23)15-5-1-4-14-12(15)3-2-6-27-14/h1-10H,(H,31,35). The molecule has 0 radical (unpaired) electrons. The van der Waals surface area contributed by atoms with Crippen molar-refractivity contribution in [3.8, 4) is 11.5 Å². The number of amides is 1. The lowest BCUT2D eigenvalue weighted by atomic mass is 10.1. The molecule has 0 aliphatic carbocycles. The predicted octanol–water partition coefficient (Wildman–Crippen LogP) is 4.46. The van der Waals surface area contributed by atoms with Gasteiger partial charge in [-0.05, 0) is 30.3 Å². The summed E-state index contributed by atoms with van der Waals surface area (Å²) < 4.78 is 57.5. The minimum atomic E-state index is -5.13. The Morgan fingerprint density at radius 3 is 2.51 bits per heavy atom. The van der Waals surface area contributed by atoms with Crippen molar-refractivity contribution < 1.29 is 22.4 Å². The van der Waals surface area contributed by atoms with Crippen LogP contribution in [0.15, 0.2) is 61.2 Å². The van der Waals surface area contributed by atoms with Crippen LogP contribution in [0.5, 0.6) is 0 Å². The molecule has 0 aliphatic heterocycles. The van der Waals surface area contributed by atoms with Crippen LogP contribution in [0.25, 0.3) is 22.4 Å². The van der Waals surface area contributed by atoms with E-state index in [2.05, 4.69) is 30.6 Å². The molecular weight excluding hydrogens is 492 g/mol. The summed E-state index contributed by atoms with van der Waals surface area (Å²) in [4.78, 5) is 22.0. The number of fused-ring (bicyclic) bond motifs is 1. The van der Waals surface area contributed by atoms with Crippen molar-refractivity contribution in [3.05, 3.63) is 83.4 Å². The molecule has 0 aliphatic rings. The van der Waals surface area contributed by atoms with E-state index in [1.54, 1.807) is 6.07 Å². The molecule has 1 aromatic carbocycles. The van der Waals surface area contributed by atoms with Gasteiger partial charge in [0.05, 0.1) is 40.5 Å². The maximum atomic E-state index is 14.8. The number of rotatable bonds is 4. The van der Waals surface area contributed by atoms with Gasteiger partial charge in [-0.15, -0.1) is 9.90 Å². The Morgan fingerprint density at radius 2 is 1.80 bits per heavy atom. The van der Waals surface area contributed by atoms with Gasteiger partial charge in [0, 0.05) is 11.6 Å². The predicted molar refractivity (Wildman–Crippen MR) is 116 cm³/mol. The van der Waals surface area contributed by atoms with Crippen LogP contribution in [0.3, 0.4) is 0 Å². The van der Waals surface area contributed by atoms with E-state index in [1.807, 2.05) is 0 Å². The Labute approximate surface area is 198 Å². The average Bonchev–Trinajstić information content (AvgIpc) is 3.46. The fourth-order valence-corrected chi connectivity index (χ4v) is 3.71. The number of hydrogen-bond acceptors (Lipinski definition) is 6. The normalized spacial score (nSPS) is 11.7. The van der Waals surface area contributed by atoms with Crippen LogP contribution in [-0.4, -0.2) is 40.6 Å². The highest BCUT2D eigenvalue weighted by Crippen LogP contribution is 2.36. The lowest BCUT2D eigenvalue weighted by Gasteiger charge is -2.14. The summed E-state index contributed by atoms with van der Waals surface area (Å²) in [6.45, 7) is 0. The van der Waals surface area contributed by atoms with Crippen LogP contribution in [0.1, 0.15) is 16.1 Å². The topological polar surface area (TPSA) is 103 Å². The number of aromatic nitrogens is 7. The van der Waals surface area contributed by atoms with E-state index < -0.39 is 29.3 Å². The van der Waals surface area contributed by atoms with Gasteiger partial charge in [-0.25, -0.2) is 9.67 Å². The molecule has 176 valence electrons. The zero-order valence-electron chi connectivity index (χ0n) is 17.2. The first kappa shape index (κ1) is 22.4. The third kappa shape index (κ3) is 4.05. The molecule has 0 saturated carbocycles. The number of anilines is 1. The molecule has 9 nitrogen and oxygen atoms in total. The molecular formula is C21H11ClF4N8O. The van der Waals surface area contributed by atoms with Gasteiger partial charge in [0.2, 0.25) is 5.95 Å². The zero-order chi connectivity index (χ0) is 24.7. The monoisotopic (exact) mass is 502 g/mol. The zero-order valence-corrected chi connectivity index (χ0v) is 18.0. The van der Waals surface area contributed by atoms with Crippen molar-refractivity contribution in [1.29, 1.82) is 0 Å². The Bertz CT molecular complexity index is 1560. The Hall–Kier alpha value is -4.39. The first-order valence-corrected chi connectivity index (χ1v) is 10.2. The molecule has 0 bridgehead atoms. The molecule has 0 saturated heterocycles. The van der Waals surface area contributed by atoms with Crippen molar-refractivity contribution in [2.24, 2.45) is 0 Å². The summed E-state index contributed by atoms with van der Waals surface area (Å²) in [7, 11) is 0. The molecule has 1 N–H and O–H groups in total. The van der Waals surface area contributed by atoms with Crippen LogP contribution in [0.4, 0.5) is 23.2 Å². The Kier molecular flexibility index (Phi) is 5.40. The van der Waals surface area contributed by atoms with Crippen LogP contribution >= 0.6 is 11.6 Å². The van der Waals surface area contributed by atoms with Crippen molar-refractivity contribution >= 4 is 34.1 Å². The van der Waals surface area contributed by atoms with Gasteiger partial charge in [-0.3, -0.25) is 9.78 Å². The minimum absolute atomic E-state index is 0.00512. The van der Waals surface area contributed by atoms with Crippen molar-refractivity contribution in [2.75, 3.05) is 5.32 Å². The van der Waals surface area contributed by atoms with E-state index in [1.165, 1.54) is 48.9 Å². The van der Waals surface area contributed by atoms with Gasteiger partial charge >= 0.3 is 6.18 Å². The SMILES string of the molecule is O=C(Nc1cnc(-n2nccn2)c(Cl)c1)c1c(F)nn(-c2cccc3ncccc23)c1C(F)(F)F. The van der Waals surface area contributed by atoms with E-state index in [4.69, 9.17) is 11.6 Å². The van der Waals surface area contributed by atoms with Crippen LogP contribution < -0.4 is 5.32 Å². The largest absolute Gasteiger partial charge is 0.434 e. The molecule has 4 aromatic heterocycles. The molecule has 0 atom stereocenters. The number of hydrogen-bond donors (Lipinski definition) is 1. The van der Waals surface area contributed by atoms with E-state index in [9.17, 15) is 22.4 Å². The first-order chi connectivity index (χ1) is 16.7. The quantitative estimate of drug-likeness (QED) is 0.364. The molecule has 5 rings (SSSR count). The van der Waals surface area contributed by atoms with Crippen LogP contribution in [0, 0.1) is 5.95 Å². The minimum Gasteiger partial charge on any atom is -0.320 e. The van der Waals surface area contributed by atoms with Gasteiger partial charge in [0.25, 0.3) is 5.91 Å². The second-order valence-electron chi connectivity index (χ2n) is 7.07. The lowest BCUT2D eigenvalue weighted by Crippen LogP contribution is -2.21. The molecule has 14 heteroatoms. The molecule has 0 fully saturated rings. The highest BCUT2D eigenvalue weighted by Gasteiger charge is 2.43. The highest BCUT2D eigenvalue weighted by molar-refractivity contribution is 6.32. The number of nitrogens with one attached hydrogen (secondary N) is 1. The highest BCUT2D eigenvalue weighted by atomic mass is 35.5. The fourth-order valence-electron chi connectivity index (χ4n) is 3.47. The van der Waals surface area contributed by atoms with Crippen molar-refractivity contribution in [3.63, 3.8) is 0 Å². The third-order valence-electron chi connectivity index (χ3n) is 4.88. The molecule has 35 heavy (non-hydrogen) atoms. The van der Waals surface area contributed by atoms with Gasteiger partial charge < -0.3 is 5.32 Å². The molecule has 5 aromatic rings. The summed E-state index contributed by atoms with van der Waals surface area (Å²) in [5, 5.41) is 13.6. The second kappa shape index (κ2) is 8.43. The van der Waals surface area contributed by atoms with Gasteiger partial charge in [-0.1, -0.05) is 17.7 Å². The van der Waals surface area contributed by atoms with Crippen LogP contribution in [0.2, 0.25) is 5.02 Å². The summed E-state index contributed by atoms with van der Waals surface area (Å²) in [5.41, 5.74) is -2.67. The van der Waals surface area contributed by atoms with E-state index in [0.717, 1.165) is 11.0 Å². The number of nitrogens with zero attached hydrogens (tertiary/aromatic N) is 7. The number of carbonyl (C=O) groups is 1. The summed E-state index contributed by atoms with van der Waals surface area (Å²) in [6, 6.07) is 8.61. The number of benzene rings is 1. The molecule has 0 unspecified atom stereocenters. The van der Waals surface area contributed by atoms with E-state index in [-0.39, 0.29) is 27.6 Å². The van der Waals surface area contributed by atoms with Gasteiger partial charge in [-0.2, -0.15) is 27.8 Å². The number of pyridine rings is 2. The maximum absolute atomic E-state index is 14.8. The first-order valence-electron chi connectivity index (χ1n) is 9.77. The summed E-state index contributed by atoms with van der Waals surface area (Å²) >= 11 is 6.13. The van der Waals surface area contributed by atoms with Crippen molar-refractivity contribution in [2.45, 2.75) is 6.18 Å². The third-order valence-corrected chi connectivity index (χ3v) is 5.16. The average molecular weight is 503 g/mol. The molecule has 1 amide bonds. The van der Waals surface area contributed by atoms with E-state index in [0.29, 0.717) is 10.2 Å². The van der Waals surface area contributed by atoms with Crippen LogP contribution in [-0.2, 0) is 6.18 Å².